The average Bonchev–Trinajstić information content (AvgIpc) is 3.42. The predicted molar refractivity (Wildman–Crippen MR) is 118 cm³/mol. The Bertz CT molecular complexity index is 759. The van der Waals surface area contributed by atoms with E-state index in [1.165, 1.54) is 0 Å². The minimum absolute atomic E-state index is 0.268. The van der Waals surface area contributed by atoms with Crippen molar-refractivity contribution in [3.05, 3.63) is 48.6 Å². The SMILES string of the molecule is C=CCOCC(O)CN(CCOC)Cc1c(-c2ccccc2)noc1N1CCCC1. The highest BCUT2D eigenvalue weighted by atomic mass is 16.5. The molecule has 1 atom stereocenters. The molecule has 1 saturated heterocycles. The summed E-state index contributed by atoms with van der Waals surface area (Å²) >= 11 is 0. The number of nitrogens with zero attached hydrogens (tertiary/aromatic N) is 3. The molecule has 0 radical (unpaired) electrons. The Morgan fingerprint density at radius 1 is 1.30 bits per heavy atom. The van der Waals surface area contributed by atoms with Crippen LogP contribution in [0.15, 0.2) is 47.5 Å². The first-order valence-corrected chi connectivity index (χ1v) is 10.6. The Morgan fingerprint density at radius 2 is 2.07 bits per heavy atom. The number of ether oxygens (including phenoxy) is 2. The zero-order valence-electron chi connectivity index (χ0n) is 17.8. The van der Waals surface area contributed by atoms with E-state index in [0.717, 1.165) is 48.6 Å². The van der Waals surface area contributed by atoms with E-state index in [1.54, 1.807) is 13.2 Å². The van der Waals surface area contributed by atoms with Crippen LogP contribution >= 0.6 is 0 Å². The number of benzene rings is 1. The Labute approximate surface area is 178 Å². The van der Waals surface area contributed by atoms with E-state index in [0.29, 0.717) is 32.8 Å². The number of hydrogen-bond acceptors (Lipinski definition) is 7. The molecule has 1 aliphatic rings. The summed E-state index contributed by atoms with van der Waals surface area (Å²) in [6, 6.07) is 10.1. The van der Waals surface area contributed by atoms with Crippen LogP contribution in [0.3, 0.4) is 0 Å². The van der Waals surface area contributed by atoms with Crippen LogP contribution < -0.4 is 4.90 Å². The third-order valence-electron chi connectivity index (χ3n) is 5.22. The second-order valence-electron chi connectivity index (χ2n) is 7.58. The molecule has 2 heterocycles. The van der Waals surface area contributed by atoms with Gasteiger partial charge in [0.2, 0.25) is 5.88 Å². The highest BCUT2D eigenvalue weighted by Gasteiger charge is 2.26. The molecule has 0 aliphatic carbocycles. The smallest absolute Gasteiger partial charge is 0.232 e. The zero-order valence-corrected chi connectivity index (χ0v) is 17.8. The molecule has 1 aliphatic heterocycles. The first-order valence-electron chi connectivity index (χ1n) is 10.6. The molecule has 0 saturated carbocycles. The van der Waals surface area contributed by atoms with Gasteiger partial charge in [0.25, 0.3) is 0 Å². The van der Waals surface area contributed by atoms with E-state index in [9.17, 15) is 5.11 Å². The third-order valence-corrected chi connectivity index (χ3v) is 5.22. The van der Waals surface area contributed by atoms with Gasteiger partial charge >= 0.3 is 0 Å². The number of aromatic nitrogens is 1. The Kier molecular flexibility index (Phi) is 8.89. The zero-order chi connectivity index (χ0) is 21.2. The maximum atomic E-state index is 10.5. The molecule has 164 valence electrons. The highest BCUT2D eigenvalue weighted by Crippen LogP contribution is 2.34. The summed E-state index contributed by atoms with van der Waals surface area (Å²) in [6.07, 6.45) is 3.40. The molecule has 2 aromatic rings. The molecule has 3 rings (SSSR count). The van der Waals surface area contributed by atoms with Gasteiger partial charge in [0.1, 0.15) is 5.69 Å². The molecule has 7 heteroatoms. The van der Waals surface area contributed by atoms with Gasteiger partial charge in [0.05, 0.1) is 31.5 Å². The molecule has 0 amide bonds. The normalized spacial score (nSPS) is 15.1. The lowest BCUT2D eigenvalue weighted by Gasteiger charge is -2.26. The molecule has 0 bridgehead atoms. The number of rotatable bonds is 13. The predicted octanol–water partition coefficient (Wildman–Crippen LogP) is 2.95. The van der Waals surface area contributed by atoms with E-state index in [-0.39, 0.29) is 6.61 Å². The minimum atomic E-state index is -0.600. The van der Waals surface area contributed by atoms with Gasteiger partial charge in [-0.2, -0.15) is 0 Å². The quantitative estimate of drug-likeness (QED) is 0.398. The summed E-state index contributed by atoms with van der Waals surface area (Å²) in [7, 11) is 1.69. The average molecular weight is 416 g/mol. The van der Waals surface area contributed by atoms with E-state index >= 15 is 0 Å². The maximum Gasteiger partial charge on any atom is 0.232 e. The van der Waals surface area contributed by atoms with Crippen molar-refractivity contribution in [2.24, 2.45) is 0 Å². The molecule has 7 nitrogen and oxygen atoms in total. The van der Waals surface area contributed by atoms with Gasteiger partial charge < -0.3 is 24.0 Å². The summed E-state index contributed by atoms with van der Waals surface area (Å²) in [5.74, 6) is 0.839. The van der Waals surface area contributed by atoms with Crippen molar-refractivity contribution in [2.75, 3.05) is 58.0 Å². The van der Waals surface area contributed by atoms with Crippen LogP contribution in [0.4, 0.5) is 5.88 Å². The number of aliphatic hydroxyl groups is 1. The first kappa shape index (κ1) is 22.5. The third kappa shape index (κ3) is 6.15. The molecule has 1 aromatic heterocycles. The fourth-order valence-electron chi connectivity index (χ4n) is 3.75. The Morgan fingerprint density at radius 3 is 2.77 bits per heavy atom. The minimum Gasteiger partial charge on any atom is -0.389 e. The number of aliphatic hydroxyl groups excluding tert-OH is 1. The van der Waals surface area contributed by atoms with Gasteiger partial charge in [0, 0.05) is 45.4 Å². The first-order chi connectivity index (χ1) is 14.7. The van der Waals surface area contributed by atoms with Crippen molar-refractivity contribution in [1.82, 2.24) is 10.1 Å². The summed E-state index contributed by atoms with van der Waals surface area (Å²) < 4.78 is 16.6. The second kappa shape index (κ2) is 11.9. The van der Waals surface area contributed by atoms with Crippen LogP contribution in [0.1, 0.15) is 18.4 Å². The number of methoxy groups -OCH3 is 1. The van der Waals surface area contributed by atoms with Gasteiger partial charge in [-0.05, 0) is 12.8 Å². The van der Waals surface area contributed by atoms with E-state index in [4.69, 9.17) is 14.0 Å². The number of anilines is 1. The molecule has 1 aromatic carbocycles. The Hall–Kier alpha value is -2.19. The van der Waals surface area contributed by atoms with Gasteiger partial charge in [0.15, 0.2) is 0 Å². The van der Waals surface area contributed by atoms with E-state index in [1.807, 2.05) is 30.3 Å². The molecule has 0 spiro atoms. The summed E-state index contributed by atoms with van der Waals surface area (Å²) in [5.41, 5.74) is 2.94. The lowest BCUT2D eigenvalue weighted by Crippen LogP contribution is -2.37. The van der Waals surface area contributed by atoms with E-state index in [2.05, 4.69) is 21.5 Å². The van der Waals surface area contributed by atoms with Crippen molar-refractivity contribution in [3.63, 3.8) is 0 Å². The summed E-state index contributed by atoms with van der Waals surface area (Å²) in [5, 5.41) is 14.9. The van der Waals surface area contributed by atoms with Crippen molar-refractivity contribution in [1.29, 1.82) is 0 Å². The van der Waals surface area contributed by atoms with Crippen LogP contribution in [-0.4, -0.2) is 74.4 Å². The van der Waals surface area contributed by atoms with Crippen molar-refractivity contribution in [2.45, 2.75) is 25.5 Å². The number of hydrogen-bond donors (Lipinski definition) is 1. The monoisotopic (exact) mass is 415 g/mol. The lowest BCUT2D eigenvalue weighted by atomic mass is 10.1. The molecule has 1 fully saturated rings. The maximum absolute atomic E-state index is 10.5. The van der Waals surface area contributed by atoms with Crippen molar-refractivity contribution >= 4 is 5.88 Å². The van der Waals surface area contributed by atoms with E-state index < -0.39 is 6.10 Å². The fourth-order valence-corrected chi connectivity index (χ4v) is 3.75. The molecule has 30 heavy (non-hydrogen) atoms. The Balaban J connectivity index is 1.82. The van der Waals surface area contributed by atoms with Gasteiger partial charge in [-0.1, -0.05) is 41.6 Å². The summed E-state index contributed by atoms with van der Waals surface area (Å²) in [6.45, 7) is 8.64. The van der Waals surface area contributed by atoms with Crippen LogP contribution in [0.25, 0.3) is 11.3 Å². The highest BCUT2D eigenvalue weighted by molar-refractivity contribution is 5.68. The van der Waals surface area contributed by atoms with Gasteiger partial charge in [-0.3, -0.25) is 4.90 Å². The molecule has 1 unspecified atom stereocenters. The van der Waals surface area contributed by atoms with Gasteiger partial charge in [-0.15, -0.1) is 6.58 Å². The van der Waals surface area contributed by atoms with Crippen molar-refractivity contribution in [3.8, 4) is 11.3 Å². The second-order valence-corrected chi connectivity index (χ2v) is 7.58. The van der Waals surface area contributed by atoms with Crippen LogP contribution in [0.5, 0.6) is 0 Å². The lowest BCUT2D eigenvalue weighted by molar-refractivity contribution is 0.0194. The fraction of sp³-hybridized carbons (Fsp3) is 0.522. The molecular formula is C23H33N3O4. The van der Waals surface area contributed by atoms with Gasteiger partial charge in [-0.25, -0.2) is 0 Å². The summed E-state index contributed by atoms with van der Waals surface area (Å²) in [4.78, 5) is 4.44. The molecular weight excluding hydrogens is 382 g/mol. The van der Waals surface area contributed by atoms with Crippen LogP contribution in [0, 0.1) is 0 Å². The largest absolute Gasteiger partial charge is 0.389 e. The van der Waals surface area contributed by atoms with Crippen molar-refractivity contribution < 1.29 is 19.1 Å². The topological polar surface area (TPSA) is 71.2 Å². The van der Waals surface area contributed by atoms with Crippen LogP contribution in [0.2, 0.25) is 0 Å². The standard InChI is InChI=1S/C23H33N3O4/c1-3-14-29-18-20(27)16-25(13-15-28-2)17-21-22(19-9-5-4-6-10-19)24-30-23(21)26-11-7-8-12-26/h3-6,9-10,20,27H,1,7-8,11-18H2,2H3. The van der Waals surface area contributed by atoms with Crippen LogP contribution in [-0.2, 0) is 16.0 Å². The molecule has 1 N–H and O–H groups in total.